The van der Waals surface area contributed by atoms with Crippen LogP contribution in [-0.2, 0) is 11.2 Å². The maximum atomic E-state index is 11.8. The molecule has 1 aromatic heterocycles. The van der Waals surface area contributed by atoms with E-state index in [0.29, 0.717) is 18.4 Å². The normalized spacial score (nSPS) is 25.8. The van der Waals surface area contributed by atoms with Crippen LogP contribution in [0.2, 0.25) is 0 Å². The molecule has 1 fully saturated rings. The third-order valence-electron chi connectivity index (χ3n) is 3.35. The molecule has 3 atom stereocenters. The molecule has 2 heterocycles. The Balaban J connectivity index is 2.30. The van der Waals surface area contributed by atoms with Crippen LogP contribution in [0.1, 0.15) is 24.6 Å². The van der Waals surface area contributed by atoms with Crippen LogP contribution in [-0.4, -0.2) is 38.6 Å². The Hall–Kier alpha value is -1.70. The number of aryl methyl sites for hydroxylation is 1. The zero-order chi connectivity index (χ0) is 14.7. The third-order valence-corrected chi connectivity index (χ3v) is 3.35. The molecule has 1 aromatic rings. The molecule has 0 saturated carbocycles. The lowest BCUT2D eigenvalue weighted by molar-refractivity contribution is -0.0460. The molecule has 0 aromatic carbocycles. The second-order valence-corrected chi connectivity index (χ2v) is 4.76. The van der Waals surface area contributed by atoms with Gasteiger partial charge >= 0.3 is 5.69 Å². The van der Waals surface area contributed by atoms with E-state index in [2.05, 4.69) is 11.6 Å². The average molecular weight is 282 g/mol. The van der Waals surface area contributed by atoms with Gasteiger partial charge in [-0.05, 0) is 12.8 Å². The molecular formula is C13H18N2O5. The van der Waals surface area contributed by atoms with E-state index in [9.17, 15) is 14.7 Å². The molecule has 0 spiro atoms. The highest BCUT2D eigenvalue weighted by atomic mass is 16.5. The van der Waals surface area contributed by atoms with Crippen LogP contribution in [0, 0.1) is 0 Å². The van der Waals surface area contributed by atoms with E-state index in [0.717, 1.165) is 0 Å². The first-order valence-corrected chi connectivity index (χ1v) is 6.46. The molecule has 0 bridgehead atoms. The van der Waals surface area contributed by atoms with Crippen molar-refractivity contribution in [1.29, 1.82) is 0 Å². The maximum Gasteiger partial charge on any atom is 0.330 e. The van der Waals surface area contributed by atoms with Crippen molar-refractivity contribution in [3.8, 4) is 0 Å². The molecule has 1 aliphatic heterocycles. The number of ether oxygens (including phenoxy) is 1. The standard InChI is InChI=1S/C13H18N2O5/c1-2-3-4-8-6-15(13(19)14-12(8)18)11-5-9(17)10(7-16)20-11/h2,6,9-11,16-17H,1,3-5,7H2,(H,14,18,19)/t9-,10+,11+/m0/s1. The minimum absolute atomic E-state index is 0.193. The van der Waals surface area contributed by atoms with Crippen LogP contribution >= 0.6 is 0 Å². The number of hydrogen-bond donors (Lipinski definition) is 3. The van der Waals surface area contributed by atoms with E-state index in [1.54, 1.807) is 6.08 Å². The summed E-state index contributed by atoms with van der Waals surface area (Å²) in [4.78, 5) is 25.7. The lowest BCUT2D eigenvalue weighted by Gasteiger charge is -2.15. The van der Waals surface area contributed by atoms with Crippen molar-refractivity contribution in [2.75, 3.05) is 6.61 Å². The summed E-state index contributed by atoms with van der Waals surface area (Å²) >= 11 is 0. The molecule has 1 aliphatic rings. The minimum atomic E-state index is -0.833. The number of aliphatic hydroxyl groups is 2. The topological polar surface area (TPSA) is 105 Å². The van der Waals surface area contributed by atoms with Crippen molar-refractivity contribution in [1.82, 2.24) is 9.55 Å². The summed E-state index contributed by atoms with van der Waals surface area (Å²) in [6.45, 7) is 3.27. The maximum absolute atomic E-state index is 11.8. The van der Waals surface area contributed by atoms with Gasteiger partial charge in [-0.15, -0.1) is 6.58 Å². The molecule has 3 N–H and O–H groups in total. The Bertz CT molecular complexity index is 591. The molecule has 7 nitrogen and oxygen atoms in total. The number of nitrogens with zero attached hydrogens (tertiary/aromatic N) is 1. The van der Waals surface area contributed by atoms with E-state index in [1.807, 2.05) is 0 Å². The van der Waals surface area contributed by atoms with Gasteiger partial charge in [-0.2, -0.15) is 0 Å². The summed E-state index contributed by atoms with van der Waals surface area (Å²) < 4.78 is 6.66. The van der Waals surface area contributed by atoms with Crippen LogP contribution < -0.4 is 11.2 Å². The molecule has 0 unspecified atom stereocenters. The zero-order valence-electron chi connectivity index (χ0n) is 11.0. The molecule has 0 amide bonds. The summed E-state index contributed by atoms with van der Waals surface area (Å²) in [7, 11) is 0. The van der Waals surface area contributed by atoms with Crippen LogP contribution in [0.5, 0.6) is 0 Å². The highest BCUT2D eigenvalue weighted by Gasteiger charge is 2.35. The van der Waals surface area contributed by atoms with Crippen molar-refractivity contribution in [3.05, 3.63) is 45.3 Å². The van der Waals surface area contributed by atoms with Gasteiger partial charge in [0.25, 0.3) is 5.56 Å². The number of rotatable bonds is 5. The van der Waals surface area contributed by atoms with Gasteiger partial charge in [-0.25, -0.2) is 4.79 Å². The van der Waals surface area contributed by atoms with Gasteiger partial charge in [0.05, 0.1) is 12.7 Å². The molecule has 0 radical (unpaired) electrons. The summed E-state index contributed by atoms with van der Waals surface area (Å²) in [5.41, 5.74) is -0.562. The van der Waals surface area contributed by atoms with Gasteiger partial charge in [0, 0.05) is 18.2 Å². The Kier molecular flexibility index (Phi) is 4.53. The highest BCUT2D eigenvalue weighted by molar-refractivity contribution is 5.06. The van der Waals surface area contributed by atoms with Gasteiger partial charge < -0.3 is 14.9 Å². The van der Waals surface area contributed by atoms with Crippen LogP contribution in [0.3, 0.4) is 0 Å². The molecule has 110 valence electrons. The molecular weight excluding hydrogens is 264 g/mol. The number of nitrogens with one attached hydrogen (secondary N) is 1. The van der Waals surface area contributed by atoms with E-state index in [4.69, 9.17) is 9.84 Å². The number of aromatic amines is 1. The predicted octanol–water partition coefficient (Wildman–Crippen LogP) is -0.704. The fourth-order valence-electron chi connectivity index (χ4n) is 2.23. The van der Waals surface area contributed by atoms with Crippen LogP contribution in [0.4, 0.5) is 0 Å². The smallest absolute Gasteiger partial charge is 0.330 e. The second kappa shape index (κ2) is 6.17. The molecule has 20 heavy (non-hydrogen) atoms. The largest absolute Gasteiger partial charge is 0.394 e. The number of hydrogen-bond acceptors (Lipinski definition) is 5. The predicted molar refractivity (Wildman–Crippen MR) is 71.5 cm³/mol. The summed E-state index contributed by atoms with van der Waals surface area (Å²) in [5.74, 6) is 0. The Morgan fingerprint density at radius 1 is 1.55 bits per heavy atom. The van der Waals surface area contributed by atoms with E-state index in [-0.39, 0.29) is 13.0 Å². The van der Waals surface area contributed by atoms with Crippen LogP contribution in [0.15, 0.2) is 28.4 Å². The minimum Gasteiger partial charge on any atom is -0.394 e. The van der Waals surface area contributed by atoms with Crippen molar-refractivity contribution in [3.63, 3.8) is 0 Å². The van der Waals surface area contributed by atoms with E-state index >= 15 is 0 Å². The average Bonchev–Trinajstić information content (AvgIpc) is 2.79. The molecule has 2 rings (SSSR count). The second-order valence-electron chi connectivity index (χ2n) is 4.76. The first-order chi connectivity index (χ1) is 9.56. The first-order valence-electron chi connectivity index (χ1n) is 6.46. The van der Waals surface area contributed by atoms with Crippen LogP contribution in [0.25, 0.3) is 0 Å². The summed E-state index contributed by atoms with van der Waals surface area (Å²) in [6, 6.07) is 0. The molecule has 1 saturated heterocycles. The Labute approximate surface area is 115 Å². The summed E-state index contributed by atoms with van der Waals surface area (Å²) in [6.07, 6.45) is 2.18. The van der Waals surface area contributed by atoms with Crippen molar-refractivity contribution < 1.29 is 14.9 Å². The van der Waals surface area contributed by atoms with Gasteiger partial charge in [0.2, 0.25) is 0 Å². The molecule has 0 aliphatic carbocycles. The highest BCUT2D eigenvalue weighted by Crippen LogP contribution is 2.27. The Morgan fingerprint density at radius 3 is 2.90 bits per heavy atom. The van der Waals surface area contributed by atoms with Gasteiger partial charge in [0.15, 0.2) is 0 Å². The monoisotopic (exact) mass is 282 g/mol. The van der Waals surface area contributed by atoms with Crippen molar-refractivity contribution in [2.45, 2.75) is 37.7 Å². The lowest BCUT2D eigenvalue weighted by Crippen LogP contribution is -2.34. The number of aliphatic hydroxyl groups excluding tert-OH is 2. The van der Waals surface area contributed by atoms with E-state index < -0.39 is 29.7 Å². The summed E-state index contributed by atoms with van der Waals surface area (Å²) in [5, 5.41) is 18.7. The van der Waals surface area contributed by atoms with Crippen molar-refractivity contribution >= 4 is 0 Å². The lowest BCUT2D eigenvalue weighted by atomic mass is 10.1. The Morgan fingerprint density at radius 2 is 2.30 bits per heavy atom. The van der Waals surface area contributed by atoms with Crippen molar-refractivity contribution in [2.24, 2.45) is 0 Å². The fourth-order valence-corrected chi connectivity index (χ4v) is 2.23. The molecule has 7 heteroatoms. The quantitative estimate of drug-likeness (QED) is 0.619. The van der Waals surface area contributed by atoms with Gasteiger partial charge in [-0.3, -0.25) is 14.3 Å². The van der Waals surface area contributed by atoms with Gasteiger partial charge in [0.1, 0.15) is 12.3 Å². The fraction of sp³-hybridized carbons (Fsp3) is 0.538. The van der Waals surface area contributed by atoms with Gasteiger partial charge in [-0.1, -0.05) is 6.08 Å². The SMILES string of the molecule is C=CCCc1cn([C@H]2C[C@H](O)[C@@H](CO)O2)c(=O)[nH]c1=O. The third kappa shape index (κ3) is 2.90. The van der Waals surface area contributed by atoms with E-state index in [1.165, 1.54) is 10.8 Å². The number of aromatic nitrogens is 2. The first kappa shape index (κ1) is 14.7. The number of H-pyrrole nitrogens is 1. The zero-order valence-corrected chi connectivity index (χ0v) is 11.0. The number of allylic oxidation sites excluding steroid dienone is 1.